The second-order valence-corrected chi connectivity index (χ2v) is 6.82. The van der Waals surface area contributed by atoms with Gasteiger partial charge in [0.15, 0.2) is 6.10 Å². The average Bonchev–Trinajstić information content (AvgIpc) is 3.28. The van der Waals surface area contributed by atoms with E-state index >= 15 is 0 Å². The second kappa shape index (κ2) is 9.14. The fraction of sp³-hybridized carbons (Fsp3) is 0.273. The van der Waals surface area contributed by atoms with Crippen LogP contribution in [0.25, 0.3) is 5.69 Å². The number of nitrogens with one attached hydrogen (secondary N) is 1. The summed E-state index contributed by atoms with van der Waals surface area (Å²) in [5.74, 6) is -0.616. The van der Waals surface area contributed by atoms with E-state index in [0.717, 1.165) is 23.4 Å². The summed E-state index contributed by atoms with van der Waals surface area (Å²) in [7, 11) is 0. The Hall–Kier alpha value is -3.48. The van der Waals surface area contributed by atoms with Crippen molar-refractivity contribution in [1.29, 1.82) is 0 Å². The van der Waals surface area contributed by atoms with Crippen LogP contribution in [0.3, 0.4) is 0 Å². The third-order valence-corrected chi connectivity index (χ3v) is 4.80. The largest absolute Gasteiger partial charge is 0.449 e. The Morgan fingerprint density at radius 2 is 1.83 bits per heavy atom. The highest BCUT2D eigenvalue weighted by atomic mass is 16.5. The van der Waals surface area contributed by atoms with Gasteiger partial charge in [0, 0.05) is 5.69 Å². The minimum atomic E-state index is -0.928. The van der Waals surface area contributed by atoms with Crippen LogP contribution in [-0.4, -0.2) is 32.7 Å². The Morgan fingerprint density at radius 1 is 1.10 bits per heavy atom. The first-order valence-electron chi connectivity index (χ1n) is 9.55. The number of para-hydroxylation sites is 1. The molecule has 1 aromatic heterocycles. The molecule has 0 fully saturated rings. The van der Waals surface area contributed by atoms with Gasteiger partial charge in [0.05, 0.1) is 11.3 Å². The Morgan fingerprint density at radius 3 is 2.48 bits per heavy atom. The summed E-state index contributed by atoms with van der Waals surface area (Å²) in [6.45, 7) is 5.77. The van der Waals surface area contributed by atoms with E-state index in [2.05, 4.69) is 29.2 Å². The van der Waals surface area contributed by atoms with Gasteiger partial charge in [-0.2, -0.15) is 5.10 Å². The number of esters is 1. The first-order chi connectivity index (χ1) is 14.0. The van der Waals surface area contributed by atoms with Gasteiger partial charge in [0.1, 0.15) is 12.7 Å². The van der Waals surface area contributed by atoms with Crippen molar-refractivity contribution >= 4 is 17.6 Å². The van der Waals surface area contributed by atoms with Crippen LogP contribution in [0.4, 0.5) is 5.69 Å². The normalized spacial score (nSPS) is 12.8. The molecule has 0 bridgehead atoms. The molecule has 0 aliphatic carbocycles. The fourth-order valence-corrected chi connectivity index (χ4v) is 2.87. The van der Waals surface area contributed by atoms with Crippen LogP contribution in [0.15, 0.2) is 61.2 Å². The number of rotatable bonds is 7. The Kier molecular flexibility index (Phi) is 6.39. The van der Waals surface area contributed by atoms with E-state index in [1.165, 1.54) is 6.33 Å². The Balaban J connectivity index is 1.63. The molecule has 1 N–H and O–H groups in total. The monoisotopic (exact) mass is 392 g/mol. The summed E-state index contributed by atoms with van der Waals surface area (Å²) in [6, 6.07) is 14.4. The minimum Gasteiger partial charge on any atom is -0.449 e. The van der Waals surface area contributed by atoms with Gasteiger partial charge in [-0.25, -0.2) is 14.5 Å². The SMILES string of the molecule is CC[C@@H](C)c1ccccc1NC(=O)[C@H](C)OC(=O)c1ccc(-n2cncn2)cc1. The summed E-state index contributed by atoms with van der Waals surface area (Å²) in [5.41, 5.74) is 2.93. The molecule has 0 spiro atoms. The predicted molar refractivity (Wildman–Crippen MR) is 110 cm³/mol. The maximum absolute atomic E-state index is 12.5. The van der Waals surface area contributed by atoms with Gasteiger partial charge in [0.25, 0.3) is 5.91 Å². The number of hydrogen-bond donors (Lipinski definition) is 1. The van der Waals surface area contributed by atoms with Gasteiger partial charge in [0.2, 0.25) is 0 Å². The zero-order chi connectivity index (χ0) is 20.8. The first-order valence-corrected chi connectivity index (χ1v) is 9.55. The highest BCUT2D eigenvalue weighted by molar-refractivity contribution is 5.97. The Bertz CT molecular complexity index is 968. The van der Waals surface area contributed by atoms with Gasteiger partial charge >= 0.3 is 5.97 Å². The molecular weight excluding hydrogens is 368 g/mol. The number of hydrogen-bond acceptors (Lipinski definition) is 5. The molecule has 0 saturated heterocycles. The van der Waals surface area contributed by atoms with Crippen LogP contribution >= 0.6 is 0 Å². The van der Waals surface area contributed by atoms with E-state index in [4.69, 9.17) is 4.74 Å². The van der Waals surface area contributed by atoms with Crippen LogP contribution in [0, 0.1) is 0 Å². The van der Waals surface area contributed by atoms with Crippen molar-refractivity contribution in [2.24, 2.45) is 0 Å². The molecule has 2 aromatic carbocycles. The third-order valence-electron chi connectivity index (χ3n) is 4.80. The van der Waals surface area contributed by atoms with E-state index < -0.39 is 12.1 Å². The number of ether oxygens (including phenoxy) is 1. The van der Waals surface area contributed by atoms with E-state index in [9.17, 15) is 9.59 Å². The molecule has 3 rings (SSSR count). The summed E-state index contributed by atoms with van der Waals surface area (Å²) in [4.78, 5) is 28.8. The highest BCUT2D eigenvalue weighted by Crippen LogP contribution is 2.26. The van der Waals surface area contributed by atoms with Crippen molar-refractivity contribution < 1.29 is 14.3 Å². The molecule has 1 heterocycles. The van der Waals surface area contributed by atoms with Crippen LogP contribution in [-0.2, 0) is 9.53 Å². The quantitative estimate of drug-likeness (QED) is 0.615. The molecule has 7 heteroatoms. The molecule has 0 unspecified atom stereocenters. The van der Waals surface area contributed by atoms with Crippen molar-refractivity contribution in [1.82, 2.24) is 14.8 Å². The smallest absolute Gasteiger partial charge is 0.338 e. The lowest BCUT2D eigenvalue weighted by Crippen LogP contribution is -2.30. The van der Waals surface area contributed by atoms with E-state index in [0.29, 0.717) is 11.5 Å². The van der Waals surface area contributed by atoms with Crippen LogP contribution < -0.4 is 5.32 Å². The number of anilines is 1. The molecule has 1 amide bonds. The van der Waals surface area contributed by atoms with Gasteiger partial charge in [-0.15, -0.1) is 0 Å². The van der Waals surface area contributed by atoms with Crippen molar-refractivity contribution in [2.75, 3.05) is 5.32 Å². The summed E-state index contributed by atoms with van der Waals surface area (Å²) < 4.78 is 6.93. The summed E-state index contributed by atoms with van der Waals surface area (Å²) in [5, 5.41) is 6.91. The van der Waals surface area contributed by atoms with E-state index in [1.807, 2.05) is 24.3 Å². The molecule has 0 saturated carbocycles. The molecule has 0 radical (unpaired) electrons. The molecule has 3 aromatic rings. The van der Waals surface area contributed by atoms with Gasteiger partial charge < -0.3 is 10.1 Å². The van der Waals surface area contributed by atoms with E-state index in [1.54, 1.807) is 42.2 Å². The maximum Gasteiger partial charge on any atom is 0.338 e. The van der Waals surface area contributed by atoms with Gasteiger partial charge in [-0.3, -0.25) is 4.79 Å². The van der Waals surface area contributed by atoms with Gasteiger partial charge in [-0.05, 0) is 55.2 Å². The lowest BCUT2D eigenvalue weighted by Gasteiger charge is -2.18. The minimum absolute atomic E-state index is 0.313. The van der Waals surface area contributed by atoms with Gasteiger partial charge in [-0.1, -0.05) is 32.0 Å². The molecule has 7 nitrogen and oxygen atoms in total. The molecule has 29 heavy (non-hydrogen) atoms. The van der Waals surface area contributed by atoms with Crippen LogP contribution in [0.2, 0.25) is 0 Å². The predicted octanol–water partition coefficient (Wildman–Crippen LogP) is 3.96. The maximum atomic E-state index is 12.5. The Labute approximate surface area is 169 Å². The first kappa shape index (κ1) is 20.3. The standard InChI is InChI=1S/C22H24N4O3/c1-4-15(2)19-7-5-6-8-20(19)25-21(27)16(3)29-22(28)17-9-11-18(12-10-17)26-14-23-13-24-26/h5-16H,4H2,1-3H3,(H,25,27)/t15-,16+/m1/s1. The van der Waals surface area contributed by atoms with Crippen molar-refractivity contribution in [3.8, 4) is 5.69 Å². The van der Waals surface area contributed by atoms with E-state index in [-0.39, 0.29) is 5.91 Å². The summed E-state index contributed by atoms with van der Waals surface area (Å²) in [6.07, 6.45) is 3.03. The molecule has 2 atom stereocenters. The lowest BCUT2D eigenvalue weighted by atomic mass is 9.97. The topological polar surface area (TPSA) is 86.1 Å². The van der Waals surface area contributed by atoms with Crippen LogP contribution in [0.5, 0.6) is 0 Å². The van der Waals surface area contributed by atoms with Crippen molar-refractivity contribution in [2.45, 2.75) is 39.2 Å². The number of nitrogens with zero attached hydrogens (tertiary/aromatic N) is 3. The molecule has 0 aliphatic rings. The highest BCUT2D eigenvalue weighted by Gasteiger charge is 2.20. The van der Waals surface area contributed by atoms with Crippen molar-refractivity contribution in [3.63, 3.8) is 0 Å². The van der Waals surface area contributed by atoms with Crippen molar-refractivity contribution in [3.05, 3.63) is 72.3 Å². The lowest BCUT2D eigenvalue weighted by molar-refractivity contribution is -0.123. The number of amides is 1. The third kappa shape index (κ3) is 4.87. The van der Waals surface area contributed by atoms with Crippen LogP contribution in [0.1, 0.15) is 49.0 Å². The number of carbonyl (C=O) groups is 2. The fourth-order valence-electron chi connectivity index (χ4n) is 2.87. The molecule has 0 aliphatic heterocycles. The zero-order valence-electron chi connectivity index (χ0n) is 16.7. The number of benzene rings is 2. The number of carbonyl (C=O) groups excluding carboxylic acids is 2. The molecular formula is C22H24N4O3. The zero-order valence-corrected chi connectivity index (χ0v) is 16.7. The molecule has 150 valence electrons. The number of aromatic nitrogens is 3. The summed E-state index contributed by atoms with van der Waals surface area (Å²) >= 11 is 0. The average molecular weight is 392 g/mol. The second-order valence-electron chi connectivity index (χ2n) is 6.82.